The van der Waals surface area contributed by atoms with Crippen molar-refractivity contribution in [1.82, 2.24) is 14.5 Å². The van der Waals surface area contributed by atoms with Crippen molar-refractivity contribution in [2.45, 2.75) is 43.8 Å². The van der Waals surface area contributed by atoms with Gasteiger partial charge in [-0.1, -0.05) is 4.49 Å². The molecule has 2 unspecified atom stereocenters. The molecule has 2 N–H and O–H groups in total. The molecule has 0 radical (unpaired) electrons. The van der Waals surface area contributed by atoms with Crippen LogP contribution in [0.1, 0.15) is 36.2 Å². The first-order valence-electron chi connectivity index (χ1n) is 5.61. The predicted octanol–water partition coefficient (Wildman–Crippen LogP) is 0.632. The first kappa shape index (κ1) is 10.2. The van der Waals surface area contributed by atoms with Gasteiger partial charge in [-0.2, -0.15) is 0 Å². The van der Waals surface area contributed by atoms with E-state index in [1.165, 1.54) is 11.5 Å². The summed E-state index contributed by atoms with van der Waals surface area (Å²) in [6.45, 7) is 0. The highest BCUT2D eigenvalue weighted by atomic mass is 32.1. The van der Waals surface area contributed by atoms with Crippen LogP contribution in [0.5, 0.6) is 0 Å². The molecule has 0 aliphatic carbocycles. The molecule has 0 spiro atoms. The zero-order valence-corrected chi connectivity index (χ0v) is 9.69. The van der Waals surface area contributed by atoms with Crippen LogP contribution in [0.15, 0.2) is 5.38 Å². The van der Waals surface area contributed by atoms with Crippen LogP contribution in [0.4, 0.5) is 0 Å². The lowest BCUT2D eigenvalue weighted by Gasteiger charge is -2.37. The summed E-state index contributed by atoms with van der Waals surface area (Å²) in [6.07, 6.45) is 4.03. The molecule has 2 fully saturated rings. The summed E-state index contributed by atoms with van der Waals surface area (Å²) in [6, 6.07) is 0.904. The van der Waals surface area contributed by atoms with Crippen molar-refractivity contribution in [1.29, 1.82) is 0 Å². The Bertz CT molecular complexity index is 380. The fraction of sp³-hybridized carbons (Fsp3) is 0.700. The van der Waals surface area contributed by atoms with E-state index in [2.05, 4.69) is 9.59 Å². The topological polar surface area (TPSA) is 72.1 Å². The molecule has 2 atom stereocenters. The molecule has 2 bridgehead atoms. The fourth-order valence-electron chi connectivity index (χ4n) is 2.94. The first-order chi connectivity index (χ1) is 7.75. The van der Waals surface area contributed by atoms with Gasteiger partial charge in [-0.15, -0.1) is 5.10 Å². The second kappa shape index (κ2) is 3.78. The number of carbonyl (C=O) groups is 1. The molecule has 6 heteroatoms. The predicted molar refractivity (Wildman–Crippen MR) is 60.1 cm³/mol. The summed E-state index contributed by atoms with van der Waals surface area (Å²) >= 11 is 1.22. The third-order valence-corrected chi connectivity index (χ3v) is 4.09. The largest absolute Gasteiger partial charge is 0.331 e. The zero-order chi connectivity index (χ0) is 11.1. The van der Waals surface area contributed by atoms with Gasteiger partial charge in [0.15, 0.2) is 5.69 Å². The maximum Gasteiger partial charge on any atom is 0.275 e. The van der Waals surface area contributed by atoms with E-state index < -0.39 is 0 Å². The summed E-state index contributed by atoms with van der Waals surface area (Å²) in [5, 5.41) is 5.57. The van der Waals surface area contributed by atoms with Gasteiger partial charge in [0.25, 0.3) is 5.91 Å². The summed E-state index contributed by atoms with van der Waals surface area (Å²) < 4.78 is 3.74. The number of amides is 1. The van der Waals surface area contributed by atoms with Crippen molar-refractivity contribution in [3.05, 3.63) is 11.1 Å². The molecule has 2 aliphatic rings. The maximum absolute atomic E-state index is 12.2. The molecule has 86 valence electrons. The highest BCUT2D eigenvalue weighted by Crippen LogP contribution is 2.35. The van der Waals surface area contributed by atoms with Crippen molar-refractivity contribution in [3.8, 4) is 0 Å². The highest BCUT2D eigenvalue weighted by Gasteiger charge is 2.42. The standard InChI is InChI=1S/C10H14N4OS/c11-6-3-7-1-2-8(4-6)14(7)10(15)9-5-16-13-12-9/h5-8H,1-4,11H2. The van der Waals surface area contributed by atoms with Crippen LogP contribution in [0.2, 0.25) is 0 Å². The molecule has 1 amide bonds. The van der Waals surface area contributed by atoms with Crippen LogP contribution in [-0.2, 0) is 0 Å². The number of fused-ring (bicyclic) bond motifs is 2. The second-order valence-electron chi connectivity index (χ2n) is 4.62. The third kappa shape index (κ3) is 1.53. The Morgan fingerprint density at radius 1 is 1.44 bits per heavy atom. The van der Waals surface area contributed by atoms with E-state index in [0.29, 0.717) is 17.8 Å². The van der Waals surface area contributed by atoms with Crippen LogP contribution in [0.3, 0.4) is 0 Å². The highest BCUT2D eigenvalue weighted by molar-refractivity contribution is 7.03. The number of piperidine rings is 1. The number of nitrogens with zero attached hydrogens (tertiary/aromatic N) is 3. The molecule has 1 aromatic rings. The summed E-state index contributed by atoms with van der Waals surface area (Å²) in [7, 11) is 0. The molecule has 0 saturated carbocycles. The molecule has 16 heavy (non-hydrogen) atoms. The van der Waals surface area contributed by atoms with E-state index >= 15 is 0 Å². The molecule has 3 heterocycles. The lowest BCUT2D eigenvalue weighted by atomic mass is 9.98. The minimum atomic E-state index is 0.0353. The fourth-order valence-corrected chi connectivity index (χ4v) is 3.37. The van der Waals surface area contributed by atoms with Crippen molar-refractivity contribution < 1.29 is 4.79 Å². The van der Waals surface area contributed by atoms with Crippen LogP contribution >= 0.6 is 11.5 Å². The monoisotopic (exact) mass is 238 g/mol. The Labute approximate surface area is 97.8 Å². The number of hydrogen-bond donors (Lipinski definition) is 1. The van der Waals surface area contributed by atoms with Gasteiger partial charge in [-0.25, -0.2) is 0 Å². The Morgan fingerprint density at radius 3 is 2.69 bits per heavy atom. The van der Waals surface area contributed by atoms with Crippen LogP contribution in [-0.4, -0.2) is 38.5 Å². The molecule has 5 nitrogen and oxygen atoms in total. The molecule has 2 saturated heterocycles. The van der Waals surface area contributed by atoms with Gasteiger partial charge in [0.05, 0.1) is 0 Å². The molecule has 1 aromatic heterocycles. The van der Waals surface area contributed by atoms with E-state index in [4.69, 9.17) is 5.73 Å². The van der Waals surface area contributed by atoms with Crippen molar-refractivity contribution >= 4 is 17.4 Å². The van der Waals surface area contributed by atoms with Gasteiger partial charge < -0.3 is 10.6 Å². The van der Waals surface area contributed by atoms with E-state index in [-0.39, 0.29) is 11.9 Å². The number of nitrogens with two attached hydrogens (primary N) is 1. The van der Waals surface area contributed by atoms with E-state index in [1.807, 2.05) is 4.90 Å². The van der Waals surface area contributed by atoms with Gasteiger partial charge in [0, 0.05) is 23.5 Å². The van der Waals surface area contributed by atoms with Gasteiger partial charge in [-0.05, 0) is 37.2 Å². The summed E-state index contributed by atoms with van der Waals surface area (Å²) in [4.78, 5) is 14.2. The third-order valence-electron chi connectivity index (χ3n) is 3.58. The van der Waals surface area contributed by atoms with E-state index in [9.17, 15) is 4.79 Å². The molecular weight excluding hydrogens is 224 g/mol. The summed E-state index contributed by atoms with van der Waals surface area (Å²) in [5.41, 5.74) is 6.46. The normalized spacial score (nSPS) is 33.1. The second-order valence-corrected chi connectivity index (χ2v) is 5.23. The van der Waals surface area contributed by atoms with E-state index in [1.54, 1.807) is 5.38 Å². The number of aromatic nitrogens is 2. The van der Waals surface area contributed by atoms with E-state index in [0.717, 1.165) is 25.7 Å². The minimum Gasteiger partial charge on any atom is -0.331 e. The number of rotatable bonds is 1. The van der Waals surface area contributed by atoms with Gasteiger partial charge >= 0.3 is 0 Å². The van der Waals surface area contributed by atoms with Crippen molar-refractivity contribution in [2.75, 3.05) is 0 Å². The zero-order valence-electron chi connectivity index (χ0n) is 8.87. The SMILES string of the molecule is NC1CC2CCC(C1)N2C(=O)c1csnn1. The lowest BCUT2D eigenvalue weighted by molar-refractivity contribution is 0.0569. The average Bonchev–Trinajstić information content (AvgIpc) is 2.85. The Morgan fingerprint density at radius 2 is 2.12 bits per heavy atom. The van der Waals surface area contributed by atoms with Crippen LogP contribution in [0, 0.1) is 0 Å². The molecule has 3 rings (SSSR count). The van der Waals surface area contributed by atoms with Crippen molar-refractivity contribution in [2.24, 2.45) is 5.73 Å². The minimum absolute atomic E-state index is 0.0353. The molecule has 2 aliphatic heterocycles. The quantitative estimate of drug-likeness (QED) is 0.779. The number of carbonyl (C=O) groups excluding carboxylic acids is 1. The maximum atomic E-state index is 12.2. The van der Waals surface area contributed by atoms with Crippen molar-refractivity contribution in [3.63, 3.8) is 0 Å². The first-order valence-corrected chi connectivity index (χ1v) is 6.44. The van der Waals surface area contributed by atoms with Gasteiger partial charge in [0.2, 0.25) is 0 Å². The Kier molecular flexibility index (Phi) is 2.40. The summed E-state index contributed by atoms with van der Waals surface area (Å²) in [5.74, 6) is 0.0353. The Hall–Kier alpha value is -1.01. The van der Waals surface area contributed by atoms with Gasteiger partial charge in [0.1, 0.15) is 0 Å². The lowest BCUT2D eigenvalue weighted by Crippen LogP contribution is -2.50. The molecule has 0 aromatic carbocycles. The Balaban J connectivity index is 1.84. The van der Waals surface area contributed by atoms with Crippen LogP contribution in [0.25, 0.3) is 0 Å². The van der Waals surface area contributed by atoms with Gasteiger partial charge in [-0.3, -0.25) is 4.79 Å². The number of hydrogen-bond acceptors (Lipinski definition) is 5. The molecular formula is C10H14N4OS. The van der Waals surface area contributed by atoms with Crippen LogP contribution < -0.4 is 5.73 Å². The average molecular weight is 238 g/mol. The smallest absolute Gasteiger partial charge is 0.275 e.